The van der Waals surface area contributed by atoms with Crippen molar-refractivity contribution in [1.82, 2.24) is 10.2 Å². The monoisotopic (exact) mass is 140 g/mol. The van der Waals surface area contributed by atoms with Gasteiger partial charge in [0.2, 0.25) is 0 Å². The standard InChI is InChI=1S/C8H16N2/c1-3-4-6-10-7-5-9-8(10)2/h4,6,8-9H,3,5,7H2,1-2H3/b6-4+. The van der Waals surface area contributed by atoms with Crippen molar-refractivity contribution in [2.45, 2.75) is 26.4 Å². The Hall–Kier alpha value is -0.500. The zero-order valence-electron chi connectivity index (χ0n) is 6.80. The molecule has 2 nitrogen and oxygen atoms in total. The molecule has 0 amide bonds. The summed E-state index contributed by atoms with van der Waals surface area (Å²) in [5, 5.41) is 3.35. The molecule has 0 aliphatic carbocycles. The lowest BCUT2D eigenvalue weighted by atomic mass is 10.4. The van der Waals surface area contributed by atoms with Gasteiger partial charge in [0, 0.05) is 13.1 Å². The van der Waals surface area contributed by atoms with Crippen molar-refractivity contribution in [3.8, 4) is 0 Å². The predicted octanol–water partition coefficient (Wildman–Crippen LogP) is 1.16. The smallest absolute Gasteiger partial charge is 0.0762 e. The molecule has 0 bridgehead atoms. The first-order valence-corrected chi connectivity index (χ1v) is 4.00. The number of hydrogen-bond acceptors (Lipinski definition) is 2. The van der Waals surface area contributed by atoms with Gasteiger partial charge in [0.1, 0.15) is 0 Å². The van der Waals surface area contributed by atoms with Crippen LogP contribution in [0, 0.1) is 0 Å². The summed E-state index contributed by atoms with van der Waals surface area (Å²) in [6, 6.07) is 0. The summed E-state index contributed by atoms with van der Waals surface area (Å²) in [5.74, 6) is 0. The van der Waals surface area contributed by atoms with Gasteiger partial charge in [-0.15, -0.1) is 0 Å². The molecule has 58 valence electrons. The summed E-state index contributed by atoms with van der Waals surface area (Å²) in [7, 11) is 0. The molecule has 1 atom stereocenters. The first kappa shape index (κ1) is 7.61. The minimum Gasteiger partial charge on any atom is -0.361 e. The molecule has 0 radical (unpaired) electrons. The van der Waals surface area contributed by atoms with E-state index in [0.29, 0.717) is 6.17 Å². The van der Waals surface area contributed by atoms with Gasteiger partial charge in [-0.1, -0.05) is 13.0 Å². The van der Waals surface area contributed by atoms with Crippen LogP contribution in [-0.4, -0.2) is 24.2 Å². The molecule has 1 unspecified atom stereocenters. The molecule has 0 aromatic heterocycles. The van der Waals surface area contributed by atoms with Crippen LogP contribution in [0.2, 0.25) is 0 Å². The highest BCUT2D eigenvalue weighted by atomic mass is 15.3. The molecule has 1 aliphatic rings. The largest absolute Gasteiger partial charge is 0.361 e. The minimum absolute atomic E-state index is 0.530. The average molecular weight is 140 g/mol. The maximum absolute atomic E-state index is 3.35. The maximum atomic E-state index is 3.35. The molecule has 10 heavy (non-hydrogen) atoms. The van der Waals surface area contributed by atoms with E-state index in [0.717, 1.165) is 19.5 Å². The van der Waals surface area contributed by atoms with Gasteiger partial charge in [0.05, 0.1) is 6.17 Å². The number of nitrogens with one attached hydrogen (secondary N) is 1. The summed E-state index contributed by atoms with van der Waals surface area (Å²) in [6.45, 7) is 6.62. The molecule has 0 saturated carbocycles. The van der Waals surface area contributed by atoms with Crippen molar-refractivity contribution in [3.05, 3.63) is 12.3 Å². The van der Waals surface area contributed by atoms with Gasteiger partial charge in [-0.25, -0.2) is 0 Å². The van der Waals surface area contributed by atoms with Gasteiger partial charge in [-0.3, -0.25) is 5.32 Å². The summed E-state index contributed by atoms with van der Waals surface area (Å²) >= 11 is 0. The van der Waals surface area contributed by atoms with E-state index in [1.807, 2.05) is 0 Å². The Balaban J connectivity index is 2.33. The molecule has 0 spiro atoms. The van der Waals surface area contributed by atoms with Crippen molar-refractivity contribution in [2.75, 3.05) is 13.1 Å². The highest BCUT2D eigenvalue weighted by Gasteiger charge is 2.14. The Morgan fingerprint density at radius 1 is 1.70 bits per heavy atom. The lowest BCUT2D eigenvalue weighted by Gasteiger charge is -2.17. The lowest BCUT2D eigenvalue weighted by molar-refractivity contribution is 0.353. The molecule has 1 saturated heterocycles. The van der Waals surface area contributed by atoms with Crippen LogP contribution < -0.4 is 5.32 Å². The normalized spacial score (nSPS) is 26.6. The fraction of sp³-hybridized carbons (Fsp3) is 0.750. The molecule has 1 heterocycles. The second-order valence-electron chi connectivity index (χ2n) is 2.66. The average Bonchev–Trinajstić information content (AvgIpc) is 2.31. The predicted molar refractivity (Wildman–Crippen MR) is 43.6 cm³/mol. The molecule has 0 aromatic carbocycles. The maximum Gasteiger partial charge on any atom is 0.0762 e. The third-order valence-corrected chi connectivity index (χ3v) is 1.84. The lowest BCUT2D eigenvalue weighted by Crippen LogP contribution is -2.28. The number of nitrogens with zero attached hydrogens (tertiary/aromatic N) is 1. The highest BCUT2D eigenvalue weighted by molar-refractivity contribution is 4.87. The molecular formula is C8H16N2. The van der Waals surface area contributed by atoms with Crippen LogP contribution in [0.4, 0.5) is 0 Å². The van der Waals surface area contributed by atoms with Crippen molar-refractivity contribution in [3.63, 3.8) is 0 Å². The Kier molecular flexibility index (Phi) is 2.75. The van der Waals surface area contributed by atoms with Crippen LogP contribution in [0.5, 0.6) is 0 Å². The Morgan fingerprint density at radius 2 is 2.50 bits per heavy atom. The molecule has 2 heteroatoms. The Morgan fingerprint density at radius 3 is 3.00 bits per heavy atom. The van der Waals surface area contributed by atoms with Gasteiger partial charge in [-0.05, 0) is 19.5 Å². The fourth-order valence-electron chi connectivity index (χ4n) is 1.16. The van der Waals surface area contributed by atoms with E-state index < -0.39 is 0 Å². The van der Waals surface area contributed by atoms with E-state index in [1.165, 1.54) is 0 Å². The summed E-state index contributed by atoms with van der Waals surface area (Å²) < 4.78 is 0. The molecular weight excluding hydrogens is 124 g/mol. The number of hydrogen-bond donors (Lipinski definition) is 1. The SMILES string of the molecule is CC/C=C/N1CCNC1C. The molecule has 1 rings (SSSR count). The van der Waals surface area contributed by atoms with Crippen LogP contribution >= 0.6 is 0 Å². The molecule has 1 N–H and O–H groups in total. The van der Waals surface area contributed by atoms with E-state index in [1.54, 1.807) is 0 Å². The van der Waals surface area contributed by atoms with Crippen LogP contribution in [0.1, 0.15) is 20.3 Å². The number of rotatable bonds is 2. The minimum atomic E-state index is 0.530. The third-order valence-electron chi connectivity index (χ3n) is 1.84. The van der Waals surface area contributed by atoms with Crippen molar-refractivity contribution in [1.29, 1.82) is 0 Å². The van der Waals surface area contributed by atoms with Crippen LogP contribution in [0.15, 0.2) is 12.3 Å². The van der Waals surface area contributed by atoms with Crippen LogP contribution in [-0.2, 0) is 0 Å². The van der Waals surface area contributed by atoms with E-state index in [9.17, 15) is 0 Å². The van der Waals surface area contributed by atoms with Gasteiger partial charge in [0.15, 0.2) is 0 Å². The van der Waals surface area contributed by atoms with E-state index in [4.69, 9.17) is 0 Å². The van der Waals surface area contributed by atoms with Gasteiger partial charge >= 0.3 is 0 Å². The second-order valence-corrected chi connectivity index (χ2v) is 2.66. The summed E-state index contributed by atoms with van der Waals surface area (Å²) in [5.41, 5.74) is 0. The zero-order valence-corrected chi connectivity index (χ0v) is 6.80. The summed E-state index contributed by atoms with van der Waals surface area (Å²) in [6.07, 6.45) is 6.04. The quantitative estimate of drug-likeness (QED) is 0.619. The van der Waals surface area contributed by atoms with Gasteiger partial charge in [0.25, 0.3) is 0 Å². The zero-order chi connectivity index (χ0) is 7.40. The van der Waals surface area contributed by atoms with E-state index in [2.05, 4.69) is 36.3 Å². The molecule has 1 fully saturated rings. The third kappa shape index (κ3) is 1.74. The first-order chi connectivity index (χ1) is 4.84. The van der Waals surface area contributed by atoms with Crippen molar-refractivity contribution >= 4 is 0 Å². The Bertz CT molecular complexity index is 120. The molecule has 1 aliphatic heterocycles. The second kappa shape index (κ2) is 3.62. The topological polar surface area (TPSA) is 15.3 Å². The van der Waals surface area contributed by atoms with Crippen molar-refractivity contribution < 1.29 is 0 Å². The molecule has 0 aromatic rings. The highest BCUT2D eigenvalue weighted by Crippen LogP contribution is 2.02. The number of allylic oxidation sites excluding steroid dienone is 1. The van der Waals surface area contributed by atoms with Crippen LogP contribution in [0.3, 0.4) is 0 Å². The van der Waals surface area contributed by atoms with Gasteiger partial charge in [-0.2, -0.15) is 0 Å². The van der Waals surface area contributed by atoms with Gasteiger partial charge < -0.3 is 4.90 Å². The van der Waals surface area contributed by atoms with E-state index in [-0.39, 0.29) is 0 Å². The van der Waals surface area contributed by atoms with E-state index >= 15 is 0 Å². The summed E-state index contributed by atoms with van der Waals surface area (Å²) in [4.78, 5) is 2.32. The Labute approximate surface area is 62.9 Å². The van der Waals surface area contributed by atoms with Crippen LogP contribution in [0.25, 0.3) is 0 Å². The fourth-order valence-corrected chi connectivity index (χ4v) is 1.16. The first-order valence-electron chi connectivity index (χ1n) is 4.00. The van der Waals surface area contributed by atoms with Crippen molar-refractivity contribution in [2.24, 2.45) is 0 Å².